The van der Waals surface area contributed by atoms with Crippen molar-refractivity contribution in [2.75, 3.05) is 20.1 Å². The summed E-state index contributed by atoms with van der Waals surface area (Å²) in [5.41, 5.74) is 9.23. The van der Waals surface area contributed by atoms with E-state index < -0.39 is 5.79 Å². The molecule has 1 atom stereocenters. The predicted molar refractivity (Wildman–Crippen MR) is 118 cm³/mol. The van der Waals surface area contributed by atoms with Gasteiger partial charge in [0, 0.05) is 52.2 Å². The van der Waals surface area contributed by atoms with Crippen molar-refractivity contribution in [3.63, 3.8) is 0 Å². The molecule has 9 heteroatoms. The molecule has 1 fully saturated rings. The maximum Gasteiger partial charge on any atom is 0.211 e. The van der Waals surface area contributed by atoms with Gasteiger partial charge in [-0.05, 0) is 51.2 Å². The van der Waals surface area contributed by atoms with E-state index in [1.807, 2.05) is 25.6 Å². The van der Waals surface area contributed by atoms with Crippen LogP contribution < -0.4 is 16.4 Å². The third-order valence-corrected chi connectivity index (χ3v) is 5.79. The van der Waals surface area contributed by atoms with Crippen molar-refractivity contribution in [3.8, 4) is 0 Å². The Hall–Kier alpha value is -2.06. The Labute approximate surface area is 180 Å². The SMILES string of the molecule is CN1CCC(NC2=NC(N)(c3cc(Cl)cc(Cl)c3)NC=C2c2cnn(C)c2)CC1. The van der Waals surface area contributed by atoms with Gasteiger partial charge in [-0.3, -0.25) is 10.4 Å². The van der Waals surface area contributed by atoms with Crippen molar-refractivity contribution in [2.45, 2.75) is 24.7 Å². The van der Waals surface area contributed by atoms with Crippen molar-refractivity contribution in [3.05, 3.63) is 58.0 Å². The first-order chi connectivity index (χ1) is 13.8. The highest BCUT2D eigenvalue weighted by Crippen LogP contribution is 2.30. The van der Waals surface area contributed by atoms with Gasteiger partial charge in [-0.2, -0.15) is 5.10 Å². The maximum atomic E-state index is 6.65. The zero-order chi connectivity index (χ0) is 20.6. The van der Waals surface area contributed by atoms with Crippen LogP contribution in [0.1, 0.15) is 24.0 Å². The van der Waals surface area contributed by atoms with Gasteiger partial charge in [0.15, 0.2) is 0 Å². The van der Waals surface area contributed by atoms with Gasteiger partial charge in [-0.15, -0.1) is 0 Å². The lowest BCUT2D eigenvalue weighted by molar-refractivity contribution is 0.246. The summed E-state index contributed by atoms with van der Waals surface area (Å²) < 4.78 is 1.77. The molecule has 1 saturated heterocycles. The summed E-state index contributed by atoms with van der Waals surface area (Å²) in [6, 6.07) is 5.56. The molecule has 4 rings (SSSR count). The van der Waals surface area contributed by atoms with Gasteiger partial charge < -0.3 is 15.5 Å². The van der Waals surface area contributed by atoms with Crippen LogP contribution in [0, 0.1) is 0 Å². The summed E-state index contributed by atoms with van der Waals surface area (Å²) >= 11 is 12.4. The molecule has 1 aromatic carbocycles. The zero-order valence-corrected chi connectivity index (χ0v) is 18.0. The summed E-state index contributed by atoms with van der Waals surface area (Å²) in [5.74, 6) is -0.432. The largest absolute Gasteiger partial charge is 0.367 e. The molecule has 154 valence electrons. The van der Waals surface area contributed by atoms with Crippen molar-refractivity contribution >= 4 is 34.6 Å². The van der Waals surface area contributed by atoms with E-state index in [0.717, 1.165) is 42.9 Å². The number of aromatic nitrogens is 2. The first kappa shape index (κ1) is 20.2. The number of aryl methyl sites for hydroxylation is 1. The van der Waals surface area contributed by atoms with Gasteiger partial charge >= 0.3 is 0 Å². The van der Waals surface area contributed by atoms with E-state index in [-0.39, 0.29) is 0 Å². The minimum atomic E-state index is -1.17. The van der Waals surface area contributed by atoms with Crippen LogP contribution in [0.3, 0.4) is 0 Å². The Morgan fingerprint density at radius 2 is 1.86 bits per heavy atom. The number of aliphatic imine (C=N–C) groups is 1. The molecule has 0 spiro atoms. The van der Waals surface area contributed by atoms with Crippen LogP contribution >= 0.6 is 23.2 Å². The van der Waals surface area contributed by atoms with Gasteiger partial charge in [0.1, 0.15) is 5.84 Å². The molecular weight excluding hydrogens is 409 g/mol. The predicted octanol–water partition coefficient (Wildman–Crippen LogP) is 2.52. The summed E-state index contributed by atoms with van der Waals surface area (Å²) in [7, 11) is 4.04. The smallest absolute Gasteiger partial charge is 0.211 e. The summed E-state index contributed by atoms with van der Waals surface area (Å²) in [4.78, 5) is 7.22. The normalized spacial score (nSPS) is 23.3. The molecule has 0 aliphatic carbocycles. The Morgan fingerprint density at radius 3 is 2.48 bits per heavy atom. The van der Waals surface area contributed by atoms with Crippen LogP contribution in [0.5, 0.6) is 0 Å². The zero-order valence-electron chi connectivity index (χ0n) is 16.5. The number of nitrogens with one attached hydrogen (secondary N) is 2. The number of hydrogen-bond acceptors (Lipinski definition) is 6. The van der Waals surface area contributed by atoms with E-state index in [9.17, 15) is 0 Å². The van der Waals surface area contributed by atoms with Gasteiger partial charge in [0.25, 0.3) is 0 Å². The molecule has 1 aromatic heterocycles. The second kappa shape index (κ2) is 7.99. The average Bonchev–Trinajstić information content (AvgIpc) is 3.09. The molecule has 2 aromatic rings. The first-order valence-corrected chi connectivity index (χ1v) is 10.4. The van der Waals surface area contributed by atoms with E-state index in [1.165, 1.54) is 0 Å². The number of nitrogens with zero attached hydrogens (tertiary/aromatic N) is 4. The number of benzene rings is 1. The highest BCUT2D eigenvalue weighted by Gasteiger charge is 2.33. The van der Waals surface area contributed by atoms with Gasteiger partial charge in [-0.25, -0.2) is 4.99 Å². The first-order valence-electron chi connectivity index (χ1n) is 9.60. The number of amidine groups is 1. The van der Waals surface area contributed by atoms with E-state index >= 15 is 0 Å². The summed E-state index contributed by atoms with van der Waals surface area (Å²) in [5, 5.41) is 12.2. The molecule has 7 nitrogen and oxygen atoms in total. The third-order valence-electron chi connectivity index (χ3n) is 5.36. The Bertz CT molecular complexity index is 939. The molecule has 0 amide bonds. The number of piperidine rings is 1. The lowest BCUT2D eigenvalue weighted by atomic mass is 10.0. The van der Waals surface area contributed by atoms with Crippen LogP contribution in [0.25, 0.3) is 5.57 Å². The van der Waals surface area contributed by atoms with Gasteiger partial charge in [0.2, 0.25) is 5.79 Å². The van der Waals surface area contributed by atoms with Crippen LogP contribution in [0.2, 0.25) is 10.0 Å². The quantitative estimate of drug-likeness (QED) is 0.692. The van der Waals surface area contributed by atoms with Crippen LogP contribution in [-0.4, -0.2) is 46.7 Å². The molecule has 0 saturated carbocycles. The van der Waals surface area contributed by atoms with Crippen LogP contribution in [0.15, 0.2) is 41.8 Å². The lowest BCUT2D eigenvalue weighted by Crippen LogP contribution is -2.52. The number of nitrogens with two attached hydrogens (primary N) is 1. The fraction of sp³-hybridized carbons (Fsp3) is 0.400. The van der Waals surface area contributed by atoms with Crippen LogP contribution in [0.4, 0.5) is 0 Å². The fourth-order valence-electron chi connectivity index (χ4n) is 3.68. The molecule has 0 radical (unpaired) electrons. The maximum absolute atomic E-state index is 6.65. The second-order valence-electron chi connectivity index (χ2n) is 7.71. The standard InChI is InChI=1S/C20H25Cl2N7/c1-28-5-3-17(4-6-28)26-19-18(13-10-25-29(2)12-13)11-24-20(23,27-19)14-7-15(21)9-16(22)8-14/h7-12,17,24H,3-6,23H2,1-2H3,(H,26,27). The van der Waals surface area contributed by atoms with Crippen molar-refractivity contribution in [1.82, 2.24) is 25.3 Å². The van der Waals surface area contributed by atoms with E-state index in [0.29, 0.717) is 21.7 Å². The second-order valence-corrected chi connectivity index (χ2v) is 8.58. The van der Waals surface area contributed by atoms with E-state index in [2.05, 4.69) is 27.7 Å². The summed E-state index contributed by atoms with van der Waals surface area (Å²) in [6.45, 7) is 2.10. The molecule has 29 heavy (non-hydrogen) atoms. The fourth-order valence-corrected chi connectivity index (χ4v) is 4.20. The van der Waals surface area contributed by atoms with Crippen molar-refractivity contribution in [2.24, 2.45) is 17.8 Å². The number of likely N-dealkylation sites (tertiary alicyclic amines) is 1. The number of hydrogen-bond donors (Lipinski definition) is 3. The van der Waals surface area contributed by atoms with Gasteiger partial charge in [-0.1, -0.05) is 23.2 Å². The summed E-state index contributed by atoms with van der Waals surface area (Å²) in [6.07, 6.45) is 7.75. The Morgan fingerprint density at radius 1 is 1.17 bits per heavy atom. The third kappa shape index (κ3) is 4.43. The van der Waals surface area contributed by atoms with E-state index in [1.54, 1.807) is 22.9 Å². The molecule has 2 aliphatic rings. The average molecular weight is 434 g/mol. The molecule has 4 N–H and O–H groups in total. The highest BCUT2D eigenvalue weighted by atomic mass is 35.5. The minimum Gasteiger partial charge on any atom is -0.367 e. The van der Waals surface area contributed by atoms with E-state index in [4.69, 9.17) is 33.9 Å². The highest BCUT2D eigenvalue weighted by molar-refractivity contribution is 6.34. The van der Waals surface area contributed by atoms with Crippen LogP contribution in [-0.2, 0) is 12.8 Å². The molecule has 1 unspecified atom stereocenters. The lowest BCUT2D eigenvalue weighted by Gasteiger charge is -2.35. The van der Waals surface area contributed by atoms with Crippen molar-refractivity contribution < 1.29 is 0 Å². The molecule has 2 aliphatic heterocycles. The topological polar surface area (TPSA) is 83.5 Å². The number of halogens is 2. The number of rotatable bonds is 3. The van der Waals surface area contributed by atoms with Gasteiger partial charge in [0.05, 0.1) is 6.20 Å². The molecular formula is C20H25Cl2N7. The Balaban J connectivity index is 1.69. The minimum absolute atomic E-state index is 0.329. The molecule has 3 heterocycles. The molecule has 0 bridgehead atoms. The van der Waals surface area contributed by atoms with Crippen molar-refractivity contribution in [1.29, 1.82) is 0 Å². The monoisotopic (exact) mass is 433 g/mol. The Kier molecular flexibility index (Phi) is 5.57.